The van der Waals surface area contributed by atoms with Crippen LogP contribution in [0.25, 0.3) is 0 Å². The molecule has 0 heterocycles. The van der Waals surface area contributed by atoms with Crippen molar-refractivity contribution in [1.29, 1.82) is 0 Å². The van der Waals surface area contributed by atoms with Crippen molar-refractivity contribution in [2.75, 3.05) is 6.61 Å². The Balaban J connectivity index is 1.69. The fourth-order valence-corrected chi connectivity index (χ4v) is 5.24. The van der Waals surface area contributed by atoms with Crippen molar-refractivity contribution in [3.8, 4) is 0 Å². The van der Waals surface area contributed by atoms with Gasteiger partial charge in [-0.1, -0.05) is 6.92 Å². The summed E-state index contributed by atoms with van der Waals surface area (Å²) in [6, 6.07) is 0. The topological polar surface area (TPSA) is 40.5 Å². The summed E-state index contributed by atoms with van der Waals surface area (Å²) in [5.74, 6) is 3.86. The largest absolute Gasteiger partial charge is 0.394 e. The van der Waals surface area contributed by atoms with Gasteiger partial charge in [-0.15, -0.1) is 0 Å². The van der Waals surface area contributed by atoms with Crippen molar-refractivity contribution in [2.24, 2.45) is 29.1 Å². The van der Waals surface area contributed by atoms with Crippen LogP contribution in [0.3, 0.4) is 0 Å². The van der Waals surface area contributed by atoms with E-state index in [0.29, 0.717) is 5.41 Å². The summed E-state index contributed by atoms with van der Waals surface area (Å²) in [5.41, 5.74) is 0.462. The highest BCUT2D eigenvalue weighted by Gasteiger charge is 2.54. The fraction of sp³-hybridized carbons (Fsp3) is 1.00. The highest BCUT2D eigenvalue weighted by atomic mass is 16.3. The van der Waals surface area contributed by atoms with Gasteiger partial charge < -0.3 is 10.2 Å². The van der Waals surface area contributed by atoms with E-state index in [1.807, 2.05) is 0 Å². The van der Waals surface area contributed by atoms with Crippen molar-refractivity contribution in [3.63, 3.8) is 0 Å². The molecular formula is C15H26O2. The molecule has 0 aromatic rings. The second kappa shape index (κ2) is 4.24. The first kappa shape index (κ1) is 12.0. The van der Waals surface area contributed by atoms with E-state index in [-0.39, 0.29) is 6.61 Å². The van der Waals surface area contributed by atoms with Crippen LogP contribution in [0, 0.1) is 29.1 Å². The van der Waals surface area contributed by atoms with E-state index in [4.69, 9.17) is 5.11 Å². The summed E-state index contributed by atoms with van der Waals surface area (Å²) in [7, 11) is 0. The molecule has 0 saturated heterocycles. The minimum absolute atomic E-state index is 0.0728. The van der Waals surface area contributed by atoms with Gasteiger partial charge >= 0.3 is 0 Å². The van der Waals surface area contributed by atoms with Gasteiger partial charge in [-0.05, 0) is 74.0 Å². The van der Waals surface area contributed by atoms with Crippen LogP contribution in [-0.2, 0) is 0 Å². The molecule has 17 heavy (non-hydrogen) atoms. The van der Waals surface area contributed by atoms with Crippen LogP contribution in [-0.4, -0.2) is 22.9 Å². The predicted molar refractivity (Wildman–Crippen MR) is 67.5 cm³/mol. The molecule has 0 aliphatic heterocycles. The van der Waals surface area contributed by atoms with Gasteiger partial charge in [0.2, 0.25) is 0 Å². The average Bonchev–Trinajstić information content (AvgIpc) is 2.32. The molecular weight excluding hydrogens is 212 g/mol. The van der Waals surface area contributed by atoms with Gasteiger partial charge in [-0.3, -0.25) is 0 Å². The highest BCUT2D eigenvalue weighted by molar-refractivity contribution is 5.04. The number of rotatable bonds is 4. The van der Waals surface area contributed by atoms with Gasteiger partial charge in [0, 0.05) is 0 Å². The third kappa shape index (κ3) is 1.94. The van der Waals surface area contributed by atoms with Crippen molar-refractivity contribution in [2.45, 2.75) is 58.0 Å². The van der Waals surface area contributed by atoms with Gasteiger partial charge in [0.15, 0.2) is 0 Å². The molecule has 1 atom stereocenters. The van der Waals surface area contributed by atoms with E-state index in [1.165, 1.54) is 32.1 Å². The number of aliphatic hydroxyl groups is 2. The van der Waals surface area contributed by atoms with Crippen LogP contribution < -0.4 is 0 Å². The van der Waals surface area contributed by atoms with Crippen LogP contribution in [0.5, 0.6) is 0 Å². The standard InChI is InChI=1S/C15H26O2/c1-15(3-2-14(17)9-16)12-5-10-4-11(7-12)8-13(15)6-10/h10-14,16-17H,2-9H2,1H3. The third-order valence-electron chi connectivity index (χ3n) is 6.23. The Morgan fingerprint density at radius 3 is 2.06 bits per heavy atom. The van der Waals surface area contributed by atoms with Crippen LogP contribution in [0.2, 0.25) is 0 Å². The summed E-state index contributed by atoms with van der Waals surface area (Å²) in [6.45, 7) is 2.39. The quantitative estimate of drug-likeness (QED) is 0.790. The minimum Gasteiger partial charge on any atom is -0.394 e. The lowest BCUT2D eigenvalue weighted by Gasteiger charge is -2.60. The molecule has 2 N–H and O–H groups in total. The first-order chi connectivity index (χ1) is 8.11. The van der Waals surface area contributed by atoms with E-state index in [9.17, 15) is 5.11 Å². The van der Waals surface area contributed by atoms with E-state index in [2.05, 4.69) is 6.92 Å². The van der Waals surface area contributed by atoms with Gasteiger partial charge in [-0.25, -0.2) is 0 Å². The van der Waals surface area contributed by atoms with Crippen molar-refractivity contribution in [1.82, 2.24) is 0 Å². The second-order valence-electron chi connectivity index (χ2n) is 7.19. The Kier molecular flexibility index (Phi) is 2.99. The molecule has 0 amide bonds. The van der Waals surface area contributed by atoms with E-state index in [0.717, 1.165) is 36.5 Å². The Labute approximate surface area is 104 Å². The number of aliphatic hydroxyl groups excluding tert-OH is 2. The maximum atomic E-state index is 9.58. The van der Waals surface area contributed by atoms with E-state index < -0.39 is 6.10 Å². The zero-order chi connectivity index (χ0) is 12.0. The number of hydrogen-bond donors (Lipinski definition) is 2. The van der Waals surface area contributed by atoms with E-state index in [1.54, 1.807) is 0 Å². The number of hydrogen-bond acceptors (Lipinski definition) is 2. The van der Waals surface area contributed by atoms with Gasteiger partial charge in [0.25, 0.3) is 0 Å². The molecule has 4 saturated carbocycles. The van der Waals surface area contributed by atoms with Crippen LogP contribution in [0.15, 0.2) is 0 Å². The monoisotopic (exact) mass is 238 g/mol. The average molecular weight is 238 g/mol. The van der Waals surface area contributed by atoms with Crippen LogP contribution in [0.1, 0.15) is 51.9 Å². The SMILES string of the molecule is CC1(CCC(O)CO)C2CC3CC(C2)CC1C3. The third-order valence-corrected chi connectivity index (χ3v) is 6.23. The summed E-state index contributed by atoms with van der Waals surface area (Å²) in [5, 5.41) is 18.5. The Morgan fingerprint density at radius 1 is 1.06 bits per heavy atom. The van der Waals surface area contributed by atoms with Crippen LogP contribution in [0.4, 0.5) is 0 Å². The maximum Gasteiger partial charge on any atom is 0.0771 e. The van der Waals surface area contributed by atoms with Crippen molar-refractivity contribution in [3.05, 3.63) is 0 Å². The lowest BCUT2D eigenvalue weighted by Crippen LogP contribution is -2.51. The highest BCUT2D eigenvalue weighted by Crippen LogP contribution is 2.63. The lowest BCUT2D eigenvalue weighted by atomic mass is 9.45. The molecule has 98 valence electrons. The molecule has 4 aliphatic rings. The molecule has 2 nitrogen and oxygen atoms in total. The second-order valence-corrected chi connectivity index (χ2v) is 7.19. The van der Waals surface area contributed by atoms with Crippen molar-refractivity contribution >= 4 is 0 Å². The Bertz CT molecular complexity index is 259. The smallest absolute Gasteiger partial charge is 0.0771 e. The van der Waals surface area contributed by atoms with Crippen molar-refractivity contribution < 1.29 is 10.2 Å². The summed E-state index contributed by atoms with van der Waals surface area (Å²) in [6.07, 6.45) is 8.68. The Hall–Kier alpha value is -0.0800. The van der Waals surface area contributed by atoms with Gasteiger partial charge in [-0.2, -0.15) is 0 Å². The van der Waals surface area contributed by atoms with Gasteiger partial charge in [0.1, 0.15) is 0 Å². The molecule has 0 aromatic heterocycles. The fourth-order valence-electron chi connectivity index (χ4n) is 5.24. The first-order valence-corrected chi connectivity index (χ1v) is 7.40. The summed E-state index contributed by atoms with van der Waals surface area (Å²) in [4.78, 5) is 0. The molecule has 0 aromatic carbocycles. The molecule has 4 bridgehead atoms. The molecule has 4 fully saturated rings. The van der Waals surface area contributed by atoms with E-state index >= 15 is 0 Å². The predicted octanol–water partition coefficient (Wildman–Crippen LogP) is 2.58. The van der Waals surface area contributed by atoms with Crippen LogP contribution >= 0.6 is 0 Å². The summed E-state index contributed by atoms with van der Waals surface area (Å²) < 4.78 is 0. The molecule has 0 spiro atoms. The molecule has 0 radical (unpaired) electrons. The lowest BCUT2D eigenvalue weighted by molar-refractivity contribution is -0.107. The molecule has 1 unspecified atom stereocenters. The molecule has 4 aliphatic carbocycles. The zero-order valence-electron chi connectivity index (χ0n) is 10.9. The Morgan fingerprint density at radius 2 is 1.59 bits per heavy atom. The van der Waals surface area contributed by atoms with Gasteiger partial charge in [0.05, 0.1) is 12.7 Å². The normalized spacial score (nSPS) is 49.6. The molecule has 2 heteroatoms. The minimum atomic E-state index is -0.496. The zero-order valence-corrected chi connectivity index (χ0v) is 10.9. The molecule has 4 rings (SSSR count). The summed E-state index contributed by atoms with van der Waals surface area (Å²) >= 11 is 0. The maximum absolute atomic E-state index is 9.58. The first-order valence-electron chi connectivity index (χ1n) is 7.40.